The SMILES string of the molecule is C=C1CN(C(=O)NC)c2ccccc2O1. The van der Waals surface area contributed by atoms with Gasteiger partial charge in [0.05, 0.1) is 12.2 Å². The van der Waals surface area contributed by atoms with E-state index in [4.69, 9.17) is 4.74 Å². The number of hydrogen-bond acceptors (Lipinski definition) is 2. The molecule has 0 aromatic heterocycles. The first-order chi connectivity index (χ1) is 7.22. The summed E-state index contributed by atoms with van der Waals surface area (Å²) in [5, 5.41) is 2.59. The number of fused-ring (bicyclic) bond motifs is 1. The Morgan fingerprint density at radius 1 is 1.53 bits per heavy atom. The zero-order valence-corrected chi connectivity index (χ0v) is 8.49. The molecule has 1 aromatic carbocycles. The molecule has 0 aliphatic carbocycles. The first kappa shape index (κ1) is 9.58. The molecule has 0 spiro atoms. The van der Waals surface area contributed by atoms with E-state index in [0.717, 1.165) is 5.69 Å². The molecule has 2 rings (SSSR count). The second-order valence-electron chi connectivity index (χ2n) is 3.25. The number of para-hydroxylation sites is 2. The van der Waals surface area contributed by atoms with Crippen LogP contribution in [-0.2, 0) is 0 Å². The van der Waals surface area contributed by atoms with Crippen molar-refractivity contribution in [1.82, 2.24) is 5.32 Å². The Hall–Kier alpha value is -1.97. The fraction of sp³-hybridized carbons (Fsp3) is 0.182. The molecule has 4 nitrogen and oxygen atoms in total. The summed E-state index contributed by atoms with van der Waals surface area (Å²) in [6.45, 7) is 4.12. The number of ether oxygens (including phenoxy) is 1. The predicted octanol–water partition coefficient (Wildman–Crippen LogP) is 1.74. The quantitative estimate of drug-likeness (QED) is 0.699. The summed E-state index contributed by atoms with van der Waals surface area (Å²) in [4.78, 5) is 13.2. The molecule has 0 bridgehead atoms. The third-order valence-corrected chi connectivity index (χ3v) is 2.20. The van der Waals surface area contributed by atoms with Crippen LogP contribution in [0, 0.1) is 0 Å². The molecule has 78 valence electrons. The zero-order chi connectivity index (χ0) is 10.8. The van der Waals surface area contributed by atoms with Gasteiger partial charge in [0.2, 0.25) is 0 Å². The average Bonchev–Trinajstić information content (AvgIpc) is 2.26. The van der Waals surface area contributed by atoms with E-state index in [1.165, 1.54) is 0 Å². The van der Waals surface area contributed by atoms with E-state index in [2.05, 4.69) is 11.9 Å². The molecule has 15 heavy (non-hydrogen) atoms. The molecule has 1 aliphatic rings. The van der Waals surface area contributed by atoms with Gasteiger partial charge in [-0.25, -0.2) is 4.79 Å². The number of nitrogens with one attached hydrogen (secondary N) is 1. The van der Waals surface area contributed by atoms with Gasteiger partial charge >= 0.3 is 6.03 Å². The molecule has 0 saturated heterocycles. The Labute approximate surface area is 88.1 Å². The summed E-state index contributed by atoms with van der Waals surface area (Å²) in [5.74, 6) is 1.23. The molecule has 1 aromatic rings. The maximum atomic E-state index is 11.6. The van der Waals surface area contributed by atoms with Crippen molar-refractivity contribution in [1.29, 1.82) is 0 Å². The van der Waals surface area contributed by atoms with Crippen LogP contribution in [0.15, 0.2) is 36.6 Å². The fourth-order valence-electron chi connectivity index (χ4n) is 1.53. The molecule has 1 heterocycles. The number of amides is 2. The Balaban J connectivity index is 2.42. The van der Waals surface area contributed by atoms with Crippen LogP contribution in [0.2, 0.25) is 0 Å². The smallest absolute Gasteiger partial charge is 0.322 e. The van der Waals surface area contributed by atoms with Gasteiger partial charge in [-0.1, -0.05) is 18.7 Å². The lowest BCUT2D eigenvalue weighted by Gasteiger charge is -2.29. The highest BCUT2D eigenvalue weighted by Gasteiger charge is 2.24. The van der Waals surface area contributed by atoms with Crippen LogP contribution < -0.4 is 15.0 Å². The maximum Gasteiger partial charge on any atom is 0.322 e. The number of urea groups is 1. The molecular formula is C11H12N2O2. The van der Waals surface area contributed by atoms with E-state index < -0.39 is 0 Å². The van der Waals surface area contributed by atoms with Gasteiger partial charge in [0, 0.05) is 7.05 Å². The second kappa shape index (κ2) is 3.65. The van der Waals surface area contributed by atoms with Crippen LogP contribution in [0.4, 0.5) is 10.5 Å². The van der Waals surface area contributed by atoms with Crippen molar-refractivity contribution in [3.63, 3.8) is 0 Å². The minimum Gasteiger partial charge on any atom is -0.458 e. The van der Waals surface area contributed by atoms with E-state index in [1.807, 2.05) is 24.3 Å². The van der Waals surface area contributed by atoms with Crippen LogP contribution in [-0.4, -0.2) is 19.6 Å². The molecule has 1 aliphatic heterocycles. The summed E-state index contributed by atoms with van der Waals surface area (Å²) >= 11 is 0. The van der Waals surface area contributed by atoms with Crippen molar-refractivity contribution in [2.24, 2.45) is 0 Å². The second-order valence-corrected chi connectivity index (χ2v) is 3.25. The Morgan fingerprint density at radius 2 is 2.27 bits per heavy atom. The van der Waals surface area contributed by atoms with E-state index >= 15 is 0 Å². The fourth-order valence-corrected chi connectivity index (χ4v) is 1.53. The average molecular weight is 204 g/mol. The van der Waals surface area contributed by atoms with Crippen molar-refractivity contribution in [3.8, 4) is 5.75 Å². The number of nitrogens with zero attached hydrogens (tertiary/aromatic N) is 1. The van der Waals surface area contributed by atoms with Gasteiger partial charge in [-0.3, -0.25) is 4.90 Å². The molecule has 0 atom stereocenters. The maximum absolute atomic E-state index is 11.6. The largest absolute Gasteiger partial charge is 0.458 e. The molecule has 1 N–H and O–H groups in total. The van der Waals surface area contributed by atoms with Gasteiger partial charge < -0.3 is 10.1 Å². The van der Waals surface area contributed by atoms with Crippen molar-refractivity contribution in [2.45, 2.75) is 0 Å². The van der Waals surface area contributed by atoms with E-state index in [0.29, 0.717) is 18.1 Å². The molecule has 0 fully saturated rings. The molecule has 2 amide bonds. The van der Waals surface area contributed by atoms with E-state index in [9.17, 15) is 4.79 Å². The third kappa shape index (κ3) is 1.66. The van der Waals surface area contributed by atoms with Crippen LogP contribution in [0.1, 0.15) is 0 Å². The number of rotatable bonds is 0. The Bertz CT molecular complexity index is 415. The van der Waals surface area contributed by atoms with Crippen LogP contribution >= 0.6 is 0 Å². The highest BCUT2D eigenvalue weighted by Crippen LogP contribution is 2.33. The number of benzene rings is 1. The highest BCUT2D eigenvalue weighted by molar-refractivity contribution is 5.94. The predicted molar refractivity (Wildman–Crippen MR) is 58.0 cm³/mol. The lowest BCUT2D eigenvalue weighted by atomic mass is 10.2. The van der Waals surface area contributed by atoms with Gasteiger partial charge in [-0.2, -0.15) is 0 Å². The molecule has 0 saturated carbocycles. The Morgan fingerprint density at radius 3 is 3.00 bits per heavy atom. The van der Waals surface area contributed by atoms with Crippen LogP contribution in [0.3, 0.4) is 0 Å². The topological polar surface area (TPSA) is 41.6 Å². The summed E-state index contributed by atoms with van der Waals surface area (Å²) in [7, 11) is 1.60. The first-order valence-corrected chi connectivity index (χ1v) is 4.66. The zero-order valence-electron chi connectivity index (χ0n) is 8.49. The summed E-state index contributed by atoms with van der Waals surface area (Å²) < 4.78 is 5.44. The van der Waals surface area contributed by atoms with Gasteiger partial charge in [-0.05, 0) is 12.1 Å². The Kier molecular flexibility index (Phi) is 2.33. The summed E-state index contributed by atoms with van der Waals surface area (Å²) in [5.41, 5.74) is 0.768. The molecule has 0 unspecified atom stereocenters. The molecule has 0 radical (unpaired) electrons. The highest BCUT2D eigenvalue weighted by atomic mass is 16.5. The van der Waals surface area contributed by atoms with Gasteiger partial charge in [0.25, 0.3) is 0 Å². The number of anilines is 1. The van der Waals surface area contributed by atoms with Crippen LogP contribution in [0.25, 0.3) is 0 Å². The summed E-state index contributed by atoms with van der Waals surface area (Å²) in [6, 6.07) is 7.23. The van der Waals surface area contributed by atoms with Crippen LogP contribution in [0.5, 0.6) is 5.75 Å². The summed E-state index contributed by atoms with van der Waals surface area (Å²) in [6.07, 6.45) is 0. The standard InChI is InChI=1S/C11H12N2O2/c1-8-7-13(11(14)12-2)9-5-3-4-6-10(9)15-8/h3-6H,1,7H2,2H3,(H,12,14). The number of hydrogen-bond donors (Lipinski definition) is 1. The first-order valence-electron chi connectivity index (χ1n) is 4.66. The van der Waals surface area contributed by atoms with Crippen molar-refractivity contribution >= 4 is 11.7 Å². The van der Waals surface area contributed by atoms with E-state index in [1.54, 1.807) is 11.9 Å². The van der Waals surface area contributed by atoms with E-state index in [-0.39, 0.29) is 6.03 Å². The van der Waals surface area contributed by atoms with Gasteiger partial charge in [-0.15, -0.1) is 0 Å². The lowest BCUT2D eigenvalue weighted by molar-refractivity contribution is 0.246. The minimum absolute atomic E-state index is 0.160. The third-order valence-electron chi connectivity index (χ3n) is 2.20. The monoisotopic (exact) mass is 204 g/mol. The molecule has 4 heteroatoms. The lowest BCUT2D eigenvalue weighted by Crippen LogP contribution is -2.42. The van der Waals surface area contributed by atoms with Crippen molar-refractivity contribution in [3.05, 3.63) is 36.6 Å². The number of carbonyl (C=O) groups excluding carboxylic acids is 1. The van der Waals surface area contributed by atoms with Gasteiger partial charge in [0.15, 0.2) is 5.75 Å². The minimum atomic E-state index is -0.160. The van der Waals surface area contributed by atoms with Gasteiger partial charge in [0.1, 0.15) is 5.76 Å². The molecular weight excluding hydrogens is 192 g/mol. The van der Waals surface area contributed by atoms with Crippen molar-refractivity contribution in [2.75, 3.05) is 18.5 Å². The number of carbonyl (C=O) groups is 1. The normalized spacial score (nSPS) is 14.2. The van der Waals surface area contributed by atoms with Crippen molar-refractivity contribution < 1.29 is 9.53 Å².